The number of hydrogen-bond donors (Lipinski definition) is 2. The van der Waals surface area contributed by atoms with Gasteiger partial charge in [-0.05, 0) is 65.7 Å². The molecule has 0 radical (unpaired) electrons. The van der Waals surface area contributed by atoms with Crippen LogP contribution in [0.3, 0.4) is 0 Å². The van der Waals surface area contributed by atoms with Crippen LogP contribution >= 0.6 is 23.2 Å². The van der Waals surface area contributed by atoms with Gasteiger partial charge in [-0.25, -0.2) is 10.2 Å². The number of fused-ring (bicyclic) bond motifs is 1. The summed E-state index contributed by atoms with van der Waals surface area (Å²) in [7, 11) is 0. The zero-order chi connectivity index (χ0) is 23.4. The number of hydrazone groups is 1. The van der Waals surface area contributed by atoms with Crippen molar-refractivity contribution in [3.05, 3.63) is 99.2 Å². The number of carbonyl (C=O) groups is 2. The van der Waals surface area contributed by atoms with Crippen molar-refractivity contribution >= 4 is 52.3 Å². The molecule has 4 aromatic rings. The van der Waals surface area contributed by atoms with Crippen LogP contribution in [0.15, 0.2) is 76.2 Å². The highest BCUT2D eigenvalue weighted by atomic mass is 35.5. The van der Waals surface area contributed by atoms with Gasteiger partial charge < -0.3 is 14.3 Å². The van der Waals surface area contributed by atoms with Crippen molar-refractivity contribution < 1.29 is 23.8 Å². The fourth-order valence-corrected chi connectivity index (χ4v) is 3.44. The van der Waals surface area contributed by atoms with Crippen molar-refractivity contribution in [2.75, 3.05) is 0 Å². The number of nitrogens with one attached hydrogen (secondary N) is 1. The van der Waals surface area contributed by atoms with Crippen LogP contribution in [0.2, 0.25) is 10.0 Å². The van der Waals surface area contributed by atoms with Crippen LogP contribution in [-0.4, -0.2) is 23.2 Å². The Kier molecular flexibility index (Phi) is 6.63. The number of ether oxygens (including phenoxy) is 1. The molecule has 7 nitrogen and oxygen atoms in total. The third-order valence-corrected chi connectivity index (χ3v) is 5.14. The van der Waals surface area contributed by atoms with E-state index >= 15 is 0 Å². The predicted octanol–water partition coefficient (Wildman–Crippen LogP) is 5.78. The second kappa shape index (κ2) is 9.77. The van der Waals surface area contributed by atoms with Crippen LogP contribution < -0.4 is 10.2 Å². The number of halogens is 2. The monoisotopic (exact) mass is 482 g/mol. The number of amides is 1. The number of rotatable bonds is 7. The van der Waals surface area contributed by atoms with E-state index in [1.165, 1.54) is 18.3 Å². The quantitative estimate of drug-likeness (QED) is 0.256. The molecule has 0 spiro atoms. The van der Waals surface area contributed by atoms with Crippen molar-refractivity contribution in [3.63, 3.8) is 0 Å². The number of nitrogens with zero attached hydrogens (tertiary/aromatic N) is 1. The molecule has 0 aliphatic carbocycles. The molecule has 1 amide bonds. The molecule has 3 aromatic carbocycles. The molecule has 0 aliphatic heterocycles. The van der Waals surface area contributed by atoms with E-state index in [4.69, 9.17) is 37.5 Å². The topological polar surface area (TPSA) is 101 Å². The first-order valence-electron chi connectivity index (χ1n) is 9.66. The Labute approximate surface area is 198 Å². The second-order valence-electron chi connectivity index (χ2n) is 6.98. The van der Waals surface area contributed by atoms with Crippen LogP contribution in [-0.2, 0) is 6.61 Å². The van der Waals surface area contributed by atoms with Crippen molar-refractivity contribution in [2.24, 2.45) is 5.10 Å². The molecule has 0 aliphatic rings. The normalized spacial score (nSPS) is 11.1. The van der Waals surface area contributed by atoms with E-state index in [1.54, 1.807) is 54.6 Å². The first-order chi connectivity index (χ1) is 15.9. The Morgan fingerprint density at radius 3 is 2.70 bits per heavy atom. The molecule has 2 N–H and O–H groups in total. The van der Waals surface area contributed by atoms with Crippen LogP contribution in [0.5, 0.6) is 5.75 Å². The lowest BCUT2D eigenvalue weighted by Crippen LogP contribution is -2.16. The van der Waals surface area contributed by atoms with Crippen molar-refractivity contribution in [3.8, 4) is 5.75 Å². The Balaban J connectivity index is 1.36. The predicted molar refractivity (Wildman–Crippen MR) is 125 cm³/mol. The molecule has 0 unspecified atom stereocenters. The summed E-state index contributed by atoms with van der Waals surface area (Å²) in [6.07, 6.45) is 1.43. The lowest BCUT2D eigenvalue weighted by Gasteiger charge is -2.09. The molecule has 0 fully saturated rings. The van der Waals surface area contributed by atoms with E-state index in [9.17, 15) is 9.59 Å². The van der Waals surface area contributed by atoms with Gasteiger partial charge in [0.1, 0.15) is 17.9 Å². The number of carboxylic acid groups (broad SMARTS) is 1. The molecule has 4 rings (SSSR count). The minimum atomic E-state index is -1.00. The van der Waals surface area contributed by atoms with Crippen molar-refractivity contribution in [1.29, 1.82) is 0 Å². The minimum absolute atomic E-state index is 0.109. The SMILES string of the molecule is O=C(O)c1cccc(COc2ccc(/C=N/NC(=O)c3cc4cc(Cl)ccc4o3)cc2Cl)c1. The van der Waals surface area contributed by atoms with Crippen LogP contribution in [0.1, 0.15) is 32.0 Å². The van der Waals surface area contributed by atoms with Gasteiger partial charge in [0.2, 0.25) is 0 Å². The summed E-state index contributed by atoms with van der Waals surface area (Å²) in [5, 5.41) is 14.6. The molecule has 0 atom stereocenters. The summed E-state index contributed by atoms with van der Waals surface area (Å²) >= 11 is 12.2. The van der Waals surface area contributed by atoms with Crippen molar-refractivity contribution in [1.82, 2.24) is 5.43 Å². The van der Waals surface area contributed by atoms with E-state index in [-0.39, 0.29) is 17.9 Å². The third kappa shape index (κ3) is 5.52. The van der Waals surface area contributed by atoms with Gasteiger partial charge in [-0.3, -0.25) is 4.79 Å². The molecule has 9 heteroatoms. The summed E-state index contributed by atoms with van der Waals surface area (Å²) in [4.78, 5) is 23.3. The first kappa shape index (κ1) is 22.4. The van der Waals surface area contributed by atoms with Gasteiger partial charge in [0.25, 0.3) is 0 Å². The molecular weight excluding hydrogens is 467 g/mol. The Hall–Kier alpha value is -3.81. The highest BCUT2D eigenvalue weighted by Gasteiger charge is 2.12. The zero-order valence-electron chi connectivity index (χ0n) is 16.9. The molecule has 166 valence electrons. The number of carbonyl (C=O) groups excluding carboxylic acids is 1. The lowest BCUT2D eigenvalue weighted by molar-refractivity contribution is 0.0696. The van der Waals surface area contributed by atoms with E-state index in [0.29, 0.717) is 37.9 Å². The smallest absolute Gasteiger partial charge is 0.335 e. The average molecular weight is 483 g/mol. The molecule has 1 heterocycles. The average Bonchev–Trinajstić information content (AvgIpc) is 3.22. The Morgan fingerprint density at radius 1 is 1.06 bits per heavy atom. The maximum Gasteiger partial charge on any atom is 0.335 e. The largest absolute Gasteiger partial charge is 0.487 e. The van der Waals surface area contributed by atoms with E-state index < -0.39 is 11.9 Å². The fraction of sp³-hybridized carbons (Fsp3) is 0.0417. The van der Waals surface area contributed by atoms with Gasteiger partial charge in [-0.2, -0.15) is 5.10 Å². The number of aromatic carboxylic acids is 1. The Morgan fingerprint density at radius 2 is 1.91 bits per heavy atom. The molecular formula is C24H16Cl2N2O5. The van der Waals surface area contributed by atoms with Crippen LogP contribution in [0, 0.1) is 0 Å². The van der Waals surface area contributed by atoms with E-state index in [0.717, 1.165) is 0 Å². The van der Waals surface area contributed by atoms with Gasteiger partial charge in [0.15, 0.2) is 5.76 Å². The molecule has 33 heavy (non-hydrogen) atoms. The van der Waals surface area contributed by atoms with Gasteiger partial charge in [-0.15, -0.1) is 0 Å². The highest BCUT2D eigenvalue weighted by molar-refractivity contribution is 6.32. The second-order valence-corrected chi connectivity index (χ2v) is 7.82. The summed E-state index contributed by atoms with van der Waals surface area (Å²) < 4.78 is 11.2. The van der Waals surface area contributed by atoms with Gasteiger partial charge in [-0.1, -0.05) is 35.3 Å². The number of hydrogen-bond acceptors (Lipinski definition) is 5. The summed E-state index contributed by atoms with van der Waals surface area (Å²) in [5.74, 6) is -0.971. The molecule has 0 saturated heterocycles. The van der Waals surface area contributed by atoms with Crippen LogP contribution in [0.4, 0.5) is 0 Å². The standard InChI is InChI=1S/C24H16Cl2N2O5/c25-18-5-7-20-17(10-18)11-22(33-20)23(29)28-27-12-14-4-6-21(19(26)9-14)32-13-15-2-1-3-16(8-15)24(30)31/h1-12H,13H2,(H,28,29)(H,30,31)/b27-12+. The Bertz CT molecular complexity index is 1380. The first-order valence-corrected chi connectivity index (χ1v) is 10.4. The maximum atomic E-state index is 12.3. The molecule has 0 saturated carbocycles. The fourth-order valence-electron chi connectivity index (χ4n) is 3.02. The van der Waals surface area contributed by atoms with Gasteiger partial charge in [0.05, 0.1) is 16.8 Å². The minimum Gasteiger partial charge on any atom is -0.487 e. The lowest BCUT2D eigenvalue weighted by atomic mass is 10.1. The number of benzene rings is 3. The highest BCUT2D eigenvalue weighted by Crippen LogP contribution is 2.26. The van der Waals surface area contributed by atoms with Gasteiger partial charge in [0, 0.05) is 10.4 Å². The summed E-state index contributed by atoms with van der Waals surface area (Å²) in [6.45, 7) is 0.160. The van der Waals surface area contributed by atoms with E-state index in [1.807, 2.05) is 0 Å². The van der Waals surface area contributed by atoms with Gasteiger partial charge >= 0.3 is 11.9 Å². The van der Waals surface area contributed by atoms with Crippen LogP contribution in [0.25, 0.3) is 11.0 Å². The summed E-state index contributed by atoms with van der Waals surface area (Å²) in [5.41, 5.74) is 4.47. The van der Waals surface area contributed by atoms with E-state index in [2.05, 4.69) is 10.5 Å². The zero-order valence-corrected chi connectivity index (χ0v) is 18.4. The van der Waals surface area contributed by atoms with Crippen molar-refractivity contribution in [2.45, 2.75) is 6.61 Å². The molecule has 0 bridgehead atoms. The number of furan rings is 1. The third-order valence-electron chi connectivity index (χ3n) is 4.61. The summed E-state index contributed by atoms with van der Waals surface area (Å²) in [6, 6.07) is 18.1. The maximum absolute atomic E-state index is 12.3. The molecule has 1 aromatic heterocycles. The number of carboxylic acids is 1.